The quantitative estimate of drug-likeness (QED) is 0.819. The van der Waals surface area contributed by atoms with Crippen LogP contribution in [0.3, 0.4) is 0 Å². The van der Waals surface area contributed by atoms with Crippen molar-refractivity contribution in [3.05, 3.63) is 29.3 Å². The van der Waals surface area contributed by atoms with E-state index in [1.807, 2.05) is 32.0 Å². The Labute approximate surface area is 126 Å². The minimum Gasteiger partial charge on any atom is -0.395 e. The standard InChI is InChI=1S/C17H23NO3/c1-5-17(3,21-4)16(20)18-15-11-13(2)10-14(12-15)8-6-7-9-19/h10-12,19H,5,7,9H2,1-4H3,(H,18,20). The number of aliphatic hydroxyl groups is 1. The molecule has 1 rings (SSSR count). The minimum atomic E-state index is -0.841. The molecule has 4 heteroatoms. The second-order valence-corrected chi connectivity index (χ2v) is 5.11. The van der Waals surface area contributed by atoms with E-state index in [1.54, 1.807) is 6.92 Å². The number of aliphatic hydroxyl groups excluding tert-OH is 1. The van der Waals surface area contributed by atoms with E-state index in [4.69, 9.17) is 9.84 Å². The summed E-state index contributed by atoms with van der Waals surface area (Å²) in [5.74, 6) is 5.67. The van der Waals surface area contributed by atoms with Gasteiger partial charge >= 0.3 is 0 Å². The van der Waals surface area contributed by atoms with Gasteiger partial charge in [0, 0.05) is 24.8 Å². The van der Waals surface area contributed by atoms with E-state index in [1.165, 1.54) is 7.11 Å². The summed E-state index contributed by atoms with van der Waals surface area (Å²) in [6.07, 6.45) is 1.03. The van der Waals surface area contributed by atoms with Crippen molar-refractivity contribution in [3.63, 3.8) is 0 Å². The number of hydrogen-bond donors (Lipinski definition) is 2. The number of nitrogens with one attached hydrogen (secondary N) is 1. The normalized spacial score (nSPS) is 13.0. The van der Waals surface area contributed by atoms with E-state index in [2.05, 4.69) is 17.2 Å². The van der Waals surface area contributed by atoms with Crippen molar-refractivity contribution in [1.29, 1.82) is 0 Å². The molecule has 0 spiro atoms. The Bertz CT molecular complexity index is 551. The van der Waals surface area contributed by atoms with Crippen LogP contribution in [0.15, 0.2) is 18.2 Å². The van der Waals surface area contributed by atoms with Crippen molar-refractivity contribution in [2.24, 2.45) is 0 Å². The molecule has 4 nitrogen and oxygen atoms in total. The number of amides is 1. The molecule has 0 saturated carbocycles. The van der Waals surface area contributed by atoms with Crippen molar-refractivity contribution in [3.8, 4) is 11.8 Å². The van der Waals surface area contributed by atoms with Crippen molar-refractivity contribution < 1.29 is 14.6 Å². The second-order valence-electron chi connectivity index (χ2n) is 5.11. The molecule has 114 valence electrons. The molecule has 0 bridgehead atoms. The first-order valence-electron chi connectivity index (χ1n) is 7.03. The first-order valence-corrected chi connectivity index (χ1v) is 7.03. The zero-order valence-electron chi connectivity index (χ0n) is 13.1. The molecule has 0 aliphatic carbocycles. The van der Waals surface area contributed by atoms with Crippen molar-refractivity contribution >= 4 is 11.6 Å². The lowest BCUT2D eigenvalue weighted by Crippen LogP contribution is -2.41. The molecule has 0 heterocycles. The summed E-state index contributed by atoms with van der Waals surface area (Å²) in [7, 11) is 1.53. The lowest BCUT2D eigenvalue weighted by Gasteiger charge is -2.25. The molecule has 0 saturated heterocycles. The number of ether oxygens (including phenoxy) is 1. The van der Waals surface area contributed by atoms with Gasteiger partial charge in [0.1, 0.15) is 5.60 Å². The van der Waals surface area contributed by atoms with Gasteiger partial charge in [-0.05, 0) is 44.0 Å². The van der Waals surface area contributed by atoms with Crippen LogP contribution < -0.4 is 5.32 Å². The fraction of sp³-hybridized carbons (Fsp3) is 0.471. The summed E-state index contributed by atoms with van der Waals surface area (Å²) in [5.41, 5.74) is 1.68. The Morgan fingerprint density at radius 2 is 2.14 bits per heavy atom. The van der Waals surface area contributed by atoms with Crippen LogP contribution >= 0.6 is 0 Å². The Hall–Kier alpha value is -1.83. The van der Waals surface area contributed by atoms with Gasteiger partial charge in [0.15, 0.2) is 0 Å². The van der Waals surface area contributed by atoms with E-state index in [9.17, 15) is 4.79 Å². The van der Waals surface area contributed by atoms with Crippen LogP contribution in [0.25, 0.3) is 0 Å². The molecule has 0 radical (unpaired) electrons. The molecule has 0 aliphatic rings. The van der Waals surface area contributed by atoms with Crippen LogP contribution in [-0.4, -0.2) is 30.3 Å². The highest BCUT2D eigenvalue weighted by Gasteiger charge is 2.30. The molecule has 1 atom stereocenters. The Balaban J connectivity index is 2.94. The Kier molecular flexibility index (Phi) is 6.41. The summed E-state index contributed by atoms with van der Waals surface area (Å²) in [5, 5.41) is 11.6. The SMILES string of the molecule is CCC(C)(OC)C(=O)Nc1cc(C)cc(C#CCCO)c1. The van der Waals surface area contributed by atoms with Gasteiger partial charge < -0.3 is 15.2 Å². The largest absolute Gasteiger partial charge is 0.395 e. The minimum absolute atomic E-state index is 0.0467. The summed E-state index contributed by atoms with van der Waals surface area (Å²) < 4.78 is 5.29. The summed E-state index contributed by atoms with van der Waals surface area (Å²) in [6, 6.07) is 5.65. The molecule has 1 unspecified atom stereocenters. The molecule has 0 aliphatic heterocycles. The van der Waals surface area contributed by atoms with Gasteiger partial charge in [-0.2, -0.15) is 0 Å². The number of methoxy groups -OCH3 is 1. The van der Waals surface area contributed by atoms with Crippen LogP contribution in [0, 0.1) is 18.8 Å². The van der Waals surface area contributed by atoms with Gasteiger partial charge in [0.2, 0.25) is 0 Å². The van der Waals surface area contributed by atoms with E-state index in [0.717, 1.165) is 11.1 Å². The highest BCUT2D eigenvalue weighted by molar-refractivity contribution is 5.97. The average Bonchev–Trinajstić information content (AvgIpc) is 2.46. The van der Waals surface area contributed by atoms with Gasteiger partial charge in [0.25, 0.3) is 5.91 Å². The first-order chi connectivity index (χ1) is 9.95. The number of rotatable bonds is 5. The van der Waals surface area contributed by atoms with Gasteiger partial charge in [-0.1, -0.05) is 18.8 Å². The molecular formula is C17H23NO3. The number of carbonyl (C=O) groups excluding carboxylic acids is 1. The number of aryl methyl sites for hydroxylation is 1. The average molecular weight is 289 g/mol. The van der Waals surface area contributed by atoms with Gasteiger partial charge in [-0.25, -0.2) is 0 Å². The predicted molar refractivity (Wildman–Crippen MR) is 84.1 cm³/mol. The summed E-state index contributed by atoms with van der Waals surface area (Å²) in [4.78, 5) is 12.3. The monoisotopic (exact) mass is 289 g/mol. The van der Waals surface area contributed by atoms with Crippen LogP contribution in [0.4, 0.5) is 5.69 Å². The van der Waals surface area contributed by atoms with Crippen LogP contribution in [-0.2, 0) is 9.53 Å². The van der Waals surface area contributed by atoms with E-state index in [0.29, 0.717) is 18.5 Å². The van der Waals surface area contributed by atoms with Gasteiger partial charge in [-0.3, -0.25) is 4.79 Å². The molecule has 0 fully saturated rings. The molecule has 1 amide bonds. The molecule has 0 aromatic heterocycles. The fourth-order valence-electron chi connectivity index (χ4n) is 1.81. The zero-order valence-corrected chi connectivity index (χ0v) is 13.1. The van der Waals surface area contributed by atoms with E-state index < -0.39 is 5.60 Å². The topological polar surface area (TPSA) is 58.6 Å². The highest BCUT2D eigenvalue weighted by atomic mass is 16.5. The molecule has 1 aromatic carbocycles. The zero-order chi connectivity index (χ0) is 15.9. The first kappa shape index (κ1) is 17.2. The lowest BCUT2D eigenvalue weighted by atomic mass is 10.0. The number of benzene rings is 1. The smallest absolute Gasteiger partial charge is 0.256 e. The van der Waals surface area contributed by atoms with Crippen LogP contribution in [0.1, 0.15) is 37.8 Å². The van der Waals surface area contributed by atoms with E-state index in [-0.39, 0.29) is 12.5 Å². The van der Waals surface area contributed by atoms with Crippen molar-refractivity contribution in [1.82, 2.24) is 0 Å². The van der Waals surface area contributed by atoms with E-state index >= 15 is 0 Å². The maximum atomic E-state index is 12.3. The highest BCUT2D eigenvalue weighted by Crippen LogP contribution is 2.19. The van der Waals surface area contributed by atoms with Crippen molar-refractivity contribution in [2.75, 3.05) is 19.0 Å². The third-order valence-corrected chi connectivity index (χ3v) is 3.41. The molecule has 1 aromatic rings. The van der Waals surface area contributed by atoms with Crippen LogP contribution in [0.5, 0.6) is 0 Å². The number of carbonyl (C=O) groups is 1. The maximum Gasteiger partial charge on any atom is 0.256 e. The fourth-order valence-corrected chi connectivity index (χ4v) is 1.81. The molecule has 21 heavy (non-hydrogen) atoms. The summed E-state index contributed by atoms with van der Waals surface area (Å²) in [6.45, 7) is 5.67. The third kappa shape index (κ3) is 4.89. The van der Waals surface area contributed by atoms with Gasteiger partial charge in [-0.15, -0.1) is 0 Å². The maximum absolute atomic E-state index is 12.3. The molecular weight excluding hydrogens is 266 g/mol. The Morgan fingerprint density at radius 3 is 2.71 bits per heavy atom. The Morgan fingerprint density at radius 1 is 1.43 bits per heavy atom. The van der Waals surface area contributed by atoms with Crippen LogP contribution in [0.2, 0.25) is 0 Å². The van der Waals surface area contributed by atoms with Gasteiger partial charge in [0.05, 0.1) is 6.61 Å². The molecule has 2 N–H and O–H groups in total. The summed E-state index contributed by atoms with van der Waals surface area (Å²) >= 11 is 0. The second kappa shape index (κ2) is 7.82. The lowest BCUT2D eigenvalue weighted by molar-refractivity contribution is -0.136. The third-order valence-electron chi connectivity index (χ3n) is 3.41. The predicted octanol–water partition coefficient (Wildman–Crippen LogP) is 2.48. The van der Waals surface area contributed by atoms with Crippen molar-refractivity contribution in [2.45, 2.75) is 39.2 Å². The number of hydrogen-bond acceptors (Lipinski definition) is 3. The number of anilines is 1.